The maximum absolute atomic E-state index is 13.8. The van der Waals surface area contributed by atoms with Gasteiger partial charge in [-0.2, -0.15) is 0 Å². The molecule has 11 nitrogen and oxygen atoms in total. The highest BCUT2D eigenvalue weighted by molar-refractivity contribution is 6.15. The van der Waals surface area contributed by atoms with Gasteiger partial charge in [-0.1, -0.05) is 6.92 Å². The number of aliphatic hydroxyl groups excluding tert-OH is 2. The van der Waals surface area contributed by atoms with Crippen molar-refractivity contribution in [3.8, 4) is 5.75 Å². The van der Waals surface area contributed by atoms with Crippen LogP contribution in [0.25, 0.3) is 0 Å². The van der Waals surface area contributed by atoms with Crippen LogP contribution in [0.1, 0.15) is 52.5 Å². The van der Waals surface area contributed by atoms with Crippen LogP contribution in [0.3, 0.4) is 0 Å². The molecule has 0 radical (unpaired) electrons. The Morgan fingerprint density at radius 2 is 1.75 bits per heavy atom. The van der Waals surface area contributed by atoms with Gasteiger partial charge in [0.05, 0.1) is 24.1 Å². The molecule has 5 rings (SSSR count). The van der Waals surface area contributed by atoms with E-state index in [0.29, 0.717) is 17.0 Å². The molecule has 3 unspecified atom stereocenters. The molecule has 7 N–H and O–H groups in total. The normalized spacial score (nSPS) is 28.8. The first-order valence-corrected chi connectivity index (χ1v) is 13.7. The van der Waals surface area contributed by atoms with E-state index in [1.165, 1.54) is 12.1 Å². The number of piperidine rings is 1. The van der Waals surface area contributed by atoms with Crippen LogP contribution in [0.15, 0.2) is 34.8 Å². The Kier molecular flexibility index (Phi) is 7.06. The van der Waals surface area contributed by atoms with E-state index < -0.39 is 58.4 Å². The van der Waals surface area contributed by atoms with Crippen molar-refractivity contribution >= 4 is 17.5 Å². The lowest BCUT2D eigenvalue weighted by molar-refractivity contribution is -0.200. The summed E-state index contributed by atoms with van der Waals surface area (Å²) in [6, 6.07) is 1.91. The molecule has 216 valence electrons. The van der Waals surface area contributed by atoms with Gasteiger partial charge >= 0.3 is 0 Å². The average Bonchev–Trinajstić information content (AvgIpc) is 2.84. The predicted molar refractivity (Wildman–Crippen MR) is 144 cm³/mol. The van der Waals surface area contributed by atoms with Crippen LogP contribution in [0.5, 0.6) is 5.75 Å². The van der Waals surface area contributed by atoms with E-state index in [9.17, 15) is 39.9 Å². The number of aromatic hydroxyl groups is 1. The fraction of sp³-hybridized carbons (Fsp3) is 0.552. The fourth-order valence-corrected chi connectivity index (χ4v) is 7.33. The van der Waals surface area contributed by atoms with Crippen LogP contribution in [0.2, 0.25) is 0 Å². The fourth-order valence-electron chi connectivity index (χ4n) is 7.33. The number of hydrogen-bond acceptors (Lipinski definition) is 10. The Bertz CT molecular complexity index is 1340. The molecule has 0 bridgehead atoms. The molecule has 1 saturated heterocycles. The summed E-state index contributed by atoms with van der Waals surface area (Å²) < 4.78 is 0. The third-order valence-corrected chi connectivity index (χ3v) is 9.27. The molecular weight excluding hydrogens is 518 g/mol. The third kappa shape index (κ3) is 4.32. The van der Waals surface area contributed by atoms with Gasteiger partial charge in [-0.3, -0.25) is 24.2 Å². The molecule has 1 aliphatic heterocycles. The molecule has 1 fully saturated rings. The number of fused-ring (bicyclic) bond motifs is 3. The minimum atomic E-state index is -3.04. The summed E-state index contributed by atoms with van der Waals surface area (Å²) in [6.45, 7) is 3.99. The number of likely N-dealkylation sites (tertiary alicyclic amines) is 1. The van der Waals surface area contributed by atoms with Crippen molar-refractivity contribution in [2.75, 3.05) is 33.7 Å². The number of nitrogens with two attached hydrogens (primary N) is 1. The minimum Gasteiger partial charge on any atom is -0.511 e. The SMILES string of the molecule is CC1CCN(CC(=O)c2ccc(O)c3c2CC2CC4C(C(O)=C2C3=O)C(O)(O)C(C(N)=O)=C(O)[C@H]4N(C)C)CC1. The van der Waals surface area contributed by atoms with E-state index >= 15 is 0 Å². The Morgan fingerprint density at radius 3 is 2.35 bits per heavy atom. The number of rotatable bonds is 5. The Morgan fingerprint density at radius 1 is 1.10 bits per heavy atom. The van der Waals surface area contributed by atoms with Gasteiger partial charge in [0.25, 0.3) is 5.91 Å². The summed E-state index contributed by atoms with van der Waals surface area (Å²) in [7, 11) is 3.26. The first-order valence-electron chi connectivity index (χ1n) is 13.7. The van der Waals surface area contributed by atoms with Crippen LogP contribution >= 0.6 is 0 Å². The zero-order valence-electron chi connectivity index (χ0n) is 22.9. The molecule has 0 saturated carbocycles. The summed E-state index contributed by atoms with van der Waals surface area (Å²) in [5.74, 6) is -9.13. The first-order chi connectivity index (χ1) is 18.7. The lowest BCUT2D eigenvalue weighted by Crippen LogP contribution is -2.60. The smallest absolute Gasteiger partial charge is 0.253 e. The minimum absolute atomic E-state index is 0.0932. The number of Topliss-reactive ketones (excluding diaryl/α,β-unsaturated/α-hetero) is 2. The van der Waals surface area contributed by atoms with Crippen LogP contribution in [-0.2, 0) is 11.2 Å². The van der Waals surface area contributed by atoms with Gasteiger partial charge in [0.2, 0.25) is 5.79 Å². The molecule has 40 heavy (non-hydrogen) atoms. The molecule has 4 atom stereocenters. The van der Waals surface area contributed by atoms with Crippen molar-refractivity contribution in [3.05, 3.63) is 51.5 Å². The van der Waals surface area contributed by atoms with E-state index in [-0.39, 0.29) is 42.1 Å². The number of amides is 1. The maximum atomic E-state index is 13.8. The molecule has 11 heteroatoms. The monoisotopic (exact) mass is 555 g/mol. The number of phenolic OH excluding ortho intramolecular Hbond substituents is 1. The summed E-state index contributed by atoms with van der Waals surface area (Å²) >= 11 is 0. The number of primary amides is 1. The highest BCUT2D eigenvalue weighted by atomic mass is 16.5. The summed E-state index contributed by atoms with van der Waals surface area (Å²) in [4.78, 5) is 43.1. The predicted octanol–water partition coefficient (Wildman–Crippen LogP) is 1.03. The molecule has 1 aromatic carbocycles. The lowest BCUT2D eigenvalue weighted by Gasteiger charge is -2.51. The molecule has 1 aromatic rings. The zero-order chi connectivity index (χ0) is 29.3. The van der Waals surface area contributed by atoms with Crippen molar-refractivity contribution in [2.45, 2.75) is 44.4 Å². The number of nitrogens with zero attached hydrogens (tertiary/aromatic N) is 2. The second-order valence-electron chi connectivity index (χ2n) is 12.0. The van der Waals surface area contributed by atoms with E-state index in [2.05, 4.69) is 11.8 Å². The second kappa shape index (κ2) is 9.99. The Balaban J connectivity index is 1.58. The zero-order valence-corrected chi connectivity index (χ0v) is 22.9. The number of aliphatic hydroxyl groups is 4. The highest BCUT2D eigenvalue weighted by Crippen LogP contribution is 2.54. The standard InChI is InChI=1S/C29H37N3O8/c1-13-6-8-32(9-7-13)12-19(34)15-4-5-18(33)21-16(15)10-14-11-17-22(26(36)20(14)25(21)35)29(39,40)23(28(30)38)27(37)24(17)31(2)3/h4-5,13-14,17,22,24,33,36-37,39-40H,6-12H2,1-3H3,(H2,30,38)/t14?,17?,22?,24-/m0/s1. The maximum Gasteiger partial charge on any atom is 0.253 e. The second-order valence-corrected chi connectivity index (χ2v) is 12.0. The van der Waals surface area contributed by atoms with Gasteiger partial charge in [-0.15, -0.1) is 0 Å². The van der Waals surface area contributed by atoms with Gasteiger partial charge in [0, 0.05) is 11.1 Å². The number of phenols is 1. The van der Waals surface area contributed by atoms with Gasteiger partial charge in [0.1, 0.15) is 22.8 Å². The van der Waals surface area contributed by atoms with Crippen molar-refractivity contribution < 1.29 is 39.9 Å². The average molecular weight is 556 g/mol. The van der Waals surface area contributed by atoms with Crippen molar-refractivity contribution in [1.82, 2.24) is 9.80 Å². The van der Waals surface area contributed by atoms with Crippen LogP contribution in [0.4, 0.5) is 0 Å². The van der Waals surface area contributed by atoms with Crippen molar-refractivity contribution in [2.24, 2.45) is 29.4 Å². The van der Waals surface area contributed by atoms with Crippen LogP contribution in [-0.4, -0.2) is 98.4 Å². The number of allylic oxidation sites excluding steroid dienone is 1. The van der Waals surface area contributed by atoms with Gasteiger partial charge < -0.3 is 31.3 Å². The molecule has 0 aromatic heterocycles. The number of ketones is 2. The van der Waals surface area contributed by atoms with E-state index in [1.54, 1.807) is 19.0 Å². The van der Waals surface area contributed by atoms with Crippen LogP contribution < -0.4 is 5.73 Å². The number of benzene rings is 1. The van der Waals surface area contributed by atoms with Gasteiger partial charge in [-0.05, 0) is 88.3 Å². The summed E-state index contributed by atoms with van der Waals surface area (Å²) in [5, 5.41) is 55.2. The largest absolute Gasteiger partial charge is 0.511 e. The lowest BCUT2D eigenvalue weighted by atomic mass is 9.59. The quantitative estimate of drug-likeness (QED) is 0.226. The highest BCUT2D eigenvalue weighted by Gasteiger charge is 2.60. The Hall–Kier alpha value is -3.25. The van der Waals surface area contributed by atoms with Crippen molar-refractivity contribution in [1.29, 1.82) is 0 Å². The van der Waals surface area contributed by atoms with Crippen molar-refractivity contribution in [3.63, 3.8) is 0 Å². The number of carbonyl (C=O) groups excluding carboxylic acids is 3. The van der Waals surface area contributed by atoms with E-state index in [0.717, 1.165) is 25.9 Å². The van der Waals surface area contributed by atoms with Gasteiger partial charge in [-0.25, -0.2) is 0 Å². The Labute approximate surface area is 232 Å². The number of likely N-dealkylation sites (N-methyl/N-ethyl adjacent to an activating group) is 1. The molecule has 1 heterocycles. The number of carbonyl (C=O) groups is 3. The molecular formula is C29H37N3O8. The topological polar surface area (TPSA) is 185 Å². The molecule has 0 spiro atoms. The summed E-state index contributed by atoms with van der Waals surface area (Å²) in [6.07, 6.45) is 2.28. The number of hydrogen-bond donors (Lipinski definition) is 6. The molecule has 3 aliphatic carbocycles. The summed E-state index contributed by atoms with van der Waals surface area (Å²) in [5.41, 5.74) is 5.09. The van der Waals surface area contributed by atoms with Crippen LogP contribution in [0, 0.1) is 23.7 Å². The molecule has 1 amide bonds. The first kappa shape index (κ1) is 28.3. The molecule has 4 aliphatic rings. The third-order valence-electron chi connectivity index (χ3n) is 9.27. The van der Waals surface area contributed by atoms with Gasteiger partial charge in [0.15, 0.2) is 11.6 Å². The van der Waals surface area contributed by atoms with E-state index in [4.69, 9.17) is 5.73 Å². The van der Waals surface area contributed by atoms with E-state index in [1.807, 2.05) is 0 Å².